The molecule has 38 heavy (non-hydrogen) atoms. The minimum atomic E-state index is -0.917. The highest BCUT2D eigenvalue weighted by atomic mass is 16.4. The predicted molar refractivity (Wildman–Crippen MR) is 153 cm³/mol. The second kappa shape index (κ2) is 9.75. The predicted octanol–water partition coefficient (Wildman–Crippen LogP) is 7.39. The van der Waals surface area contributed by atoms with E-state index in [1.54, 1.807) is 12.1 Å². The largest absolute Gasteiger partial charge is 0.478 e. The Hall–Kier alpha value is -4.51. The molecule has 0 saturated heterocycles. The van der Waals surface area contributed by atoms with E-state index in [9.17, 15) is 9.90 Å². The van der Waals surface area contributed by atoms with E-state index in [2.05, 4.69) is 60.9 Å². The molecule has 0 spiro atoms. The summed E-state index contributed by atoms with van der Waals surface area (Å²) in [7, 11) is 0. The van der Waals surface area contributed by atoms with Gasteiger partial charge in [-0.25, -0.2) is 9.78 Å². The Bertz CT molecular complexity index is 1710. The first kappa shape index (κ1) is 23.9. The SMILES string of the molecule is CCCc1nc2c(C)cc(C3=Nc4ccccc4C3)cc2n1Cc1ccc(-c2ccccc2C(=O)O)cc1. The van der Waals surface area contributed by atoms with Crippen molar-refractivity contribution in [1.29, 1.82) is 0 Å². The van der Waals surface area contributed by atoms with E-state index in [4.69, 9.17) is 9.98 Å². The molecule has 0 unspecified atom stereocenters. The van der Waals surface area contributed by atoms with Crippen LogP contribution in [0.3, 0.4) is 0 Å². The molecule has 6 rings (SSSR count). The summed E-state index contributed by atoms with van der Waals surface area (Å²) in [4.78, 5) is 21.7. The highest BCUT2D eigenvalue weighted by Gasteiger charge is 2.19. The fourth-order valence-electron chi connectivity index (χ4n) is 5.39. The molecule has 188 valence electrons. The molecule has 0 amide bonds. The number of para-hydroxylation sites is 1. The molecule has 0 atom stereocenters. The number of rotatable bonds is 7. The second-order valence-corrected chi connectivity index (χ2v) is 9.94. The maximum absolute atomic E-state index is 11.7. The van der Waals surface area contributed by atoms with Crippen LogP contribution in [0.1, 0.15) is 51.8 Å². The average molecular weight is 500 g/mol. The smallest absolute Gasteiger partial charge is 0.336 e. The first-order chi connectivity index (χ1) is 18.5. The molecule has 1 N–H and O–H groups in total. The fraction of sp³-hybridized carbons (Fsp3) is 0.182. The topological polar surface area (TPSA) is 67.5 Å². The zero-order valence-electron chi connectivity index (χ0n) is 21.6. The van der Waals surface area contributed by atoms with Crippen LogP contribution in [0.15, 0.2) is 89.9 Å². The van der Waals surface area contributed by atoms with Gasteiger partial charge in [0.25, 0.3) is 0 Å². The summed E-state index contributed by atoms with van der Waals surface area (Å²) in [6.45, 7) is 5.01. The zero-order valence-corrected chi connectivity index (χ0v) is 21.6. The van der Waals surface area contributed by atoms with Crippen molar-refractivity contribution in [2.75, 3.05) is 0 Å². The Morgan fingerprint density at radius 3 is 2.47 bits per heavy atom. The van der Waals surface area contributed by atoms with Crippen LogP contribution in [-0.4, -0.2) is 26.3 Å². The van der Waals surface area contributed by atoms with Gasteiger partial charge in [-0.2, -0.15) is 0 Å². The molecule has 1 aliphatic rings. The molecule has 5 heteroatoms. The highest BCUT2D eigenvalue weighted by molar-refractivity contribution is 6.08. The Labute approximate surface area is 222 Å². The normalized spacial score (nSPS) is 12.5. The number of hydrogen-bond acceptors (Lipinski definition) is 3. The molecule has 2 heterocycles. The van der Waals surface area contributed by atoms with E-state index in [0.29, 0.717) is 12.1 Å². The van der Waals surface area contributed by atoms with Crippen LogP contribution < -0.4 is 0 Å². The molecule has 1 aromatic heterocycles. The summed E-state index contributed by atoms with van der Waals surface area (Å²) < 4.78 is 2.33. The Balaban J connectivity index is 1.37. The minimum Gasteiger partial charge on any atom is -0.478 e. The van der Waals surface area contributed by atoms with Gasteiger partial charge in [-0.1, -0.05) is 67.6 Å². The average Bonchev–Trinajstić information content (AvgIpc) is 3.51. The van der Waals surface area contributed by atoms with Gasteiger partial charge in [0.2, 0.25) is 0 Å². The number of carboxylic acids is 1. The van der Waals surface area contributed by atoms with Crippen molar-refractivity contribution in [2.24, 2.45) is 4.99 Å². The van der Waals surface area contributed by atoms with E-state index in [-0.39, 0.29) is 0 Å². The van der Waals surface area contributed by atoms with Crippen molar-refractivity contribution in [3.05, 3.63) is 119 Å². The summed E-state index contributed by atoms with van der Waals surface area (Å²) in [5.41, 5.74) is 11.0. The van der Waals surface area contributed by atoms with Gasteiger partial charge in [-0.15, -0.1) is 0 Å². The summed E-state index contributed by atoms with van der Waals surface area (Å²) >= 11 is 0. The Kier molecular flexibility index (Phi) is 6.12. The molecular formula is C33H29N3O2. The van der Waals surface area contributed by atoms with Crippen LogP contribution in [-0.2, 0) is 19.4 Å². The number of aromatic nitrogens is 2. The molecule has 1 aliphatic heterocycles. The summed E-state index contributed by atoms with van der Waals surface area (Å²) in [5, 5.41) is 9.59. The number of benzene rings is 4. The van der Waals surface area contributed by atoms with Gasteiger partial charge < -0.3 is 9.67 Å². The number of nitrogens with zero attached hydrogens (tertiary/aromatic N) is 3. The van der Waals surface area contributed by atoms with Crippen LogP contribution in [0, 0.1) is 6.92 Å². The molecule has 4 aromatic carbocycles. The number of carbonyl (C=O) groups is 1. The van der Waals surface area contributed by atoms with Gasteiger partial charge >= 0.3 is 5.97 Å². The minimum absolute atomic E-state index is 0.311. The maximum Gasteiger partial charge on any atom is 0.336 e. The number of aliphatic imine (C=N–C) groups is 1. The third-order valence-corrected chi connectivity index (χ3v) is 7.30. The van der Waals surface area contributed by atoms with E-state index < -0.39 is 5.97 Å². The maximum atomic E-state index is 11.7. The van der Waals surface area contributed by atoms with Crippen molar-refractivity contribution in [3.8, 4) is 11.1 Å². The van der Waals surface area contributed by atoms with Gasteiger partial charge in [0.15, 0.2) is 0 Å². The lowest BCUT2D eigenvalue weighted by molar-refractivity contribution is 0.0697. The van der Waals surface area contributed by atoms with Crippen molar-refractivity contribution in [2.45, 2.75) is 39.7 Å². The van der Waals surface area contributed by atoms with E-state index >= 15 is 0 Å². The van der Waals surface area contributed by atoms with Gasteiger partial charge in [0, 0.05) is 19.4 Å². The molecule has 0 radical (unpaired) electrons. The number of fused-ring (bicyclic) bond motifs is 2. The first-order valence-corrected chi connectivity index (χ1v) is 13.1. The lowest BCUT2D eigenvalue weighted by Crippen LogP contribution is -2.06. The molecule has 0 aliphatic carbocycles. The van der Waals surface area contributed by atoms with Gasteiger partial charge in [0.1, 0.15) is 5.82 Å². The zero-order chi connectivity index (χ0) is 26.2. The van der Waals surface area contributed by atoms with Gasteiger partial charge in [0.05, 0.1) is 28.0 Å². The van der Waals surface area contributed by atoms with Crippen molar-refractivity contribution < 1.29 is 9.90 Å². The standard InChI is InChI=1S/C33H29N3O2/c1-3-8-31-35-32-21(2)17-25(29-18-24-9-4-7-12-28(24)34-29)19-30(32)36(31)20-22-13-15-23(16-14-22)26-10-5-6-11-27(26)33(37)38/h4-7,9-17,19H,3,8,18,20H2,1-2H3,(H,37,38). The van der Waals surface area contributed by atoms with Gasteiger partial charge in [-0.3, -0.25) is 4.99 Å². The number of hydrogen-bond donors (Lipinski definition) is 1. The van der Waals surface area contributed by atoms with Crippen molar-refractivity contribution >= 4 is 28.4 Å². The molecular weight excluding hydrogens is 470 g/mol. The number of aryl methyl sites for hydroxylation is 2. The van der Waals surface area contributed by atoms with Crippen LogP contribution in [0.25, 0.3) is 22.2 Å². The fourth-order valence-corrected chi connectivity index (χ4v) is 5.39. The lowest BCUT2D eigenvalue weighted by Gasteiger charge is -2.12. The van der Waals surface area contributed by atoms with E-state index in [0.717, 1.165) is 75.3 Å². The highest BCUT2D eigenvalue weighted by Crippen LogP contribution is 2.31. The number of aromatic carboxylic acids is 1. The molecule has 5 aromatic rings. The third-order valence-electron chi connectivity index (χ3n) is 7.30. The van der Waals surface area contributed by atoms with Crippen LogP contribution in [0.5, 0.6) is 0 Å². The second-order valence-electron chi connectivity index (χ2n) is 9.94. The van der Waals surface area contributed by atoms with Crippen molar-refractivity contribution in [3.63, 3.8) is 0 Å². The summed E-state index contributed by atoms with van der Waals surface area (Å²) in [5.74, 6) is 0.166. The van der Waals surface area contributed by atoms with Crippen LogP contribution >= 0.6 is 0 Å². The van der Waals surface area contributed by atoms with E-state index in [1.165, 1.54) is 5.56 Å². The van der Waals surface area contributed by atoms with Crippen molar-refractivity contribution in [1.82, 2.24) is 9.55 Å². The monoisotopic (exact) mass is 499 g/mol. The van der Waals surface area contributed by atoms with E-state index in [1.807, 2.05) is 30.3 Å². The summed E-state index contributed by atoms with van der Waals surface area (Å²) in [6.07, 6.45) is 2.76. The number of imidazole rings is 1. The molecule has 0 fully saturated rings. The van der Waals surface area contributed by atoms with Crippen LogP contribution in [0.2, 0.25) is 0 Å². The summed E-state index contributed by atoms with van der Waals surface area (Å²) in [6, 6.07) is 28.1. The lowest BCUT2D eigenvalue weighted by atomic mass is 9.98. The Morgan fingerprint density at radius 1 is 0.947 bits per heavy atom. The molecule has 0 saturated carbocycles. The third kappa shape index (κ3) is 4.30. The first-order valence-electron chi connectivity index (χ1n) is 13.1. The quantitative estimate of drug-likeness (QED) is 0.254. The van der Waals surface area contributed by atoms with Crippen LogP contribution in [0.4, 0.5) is 5.69 Å². The number of carboxylic acid groups (broad SMARTS) is 1. The Morgan fingerprint density at radius 2 is 1.71 bits per heavy atom. The molecule has 5 nitrogen and oxygen atoms in total. The van der Waals surface area contributed by atoms with Gasteiger partial charge in [-0.05, 0) is 71.0 Å². The molecule has 0 bridgehead atoms.